The van der Waals surface area contributed by atoms with Gasteiger partial charge in [-0.15, -0.1) is 0 Å². The lowest BCUT2D eigenvalue weighted by Crippen LogP contribution is -2.15. The van der Waals surface area contributed by atoms with E-state index in [1.807, 2.05) is 12.1 Å². The van der Waals surface area contributed by atoms with E-state index in [0.29, 0.717) is 16.2 Å². The van der Waals surface area contributed by atoms with Gasteiger partial charge in [0.1, 0.15) is 4.90 Å². The molecular weight excluding hydrogens is 322 g/mol. The molecule has 5 nitrogen and oxygen atoms in total. The number of nitrogen functional groups attached to an aromatic ring is 1. The summed E-state index contributed by atoms with van der Waals surface area (Å²) in [4.78, 5) is 4.19. The zero-order chi connectivity index (χ0) is 15.7. The predicted molar refractivity (Wildman–Crippen MR) is 88.4 cm³/mol. The Morgan fingerprint density at radius 3 is 2.64 bits per heavy atom. The number of pyridine rings is 1. The first-order valence-electron chi connectivity index (χ1n) is 6.39. The first-order chi connectivity index (χ1) is 10.5. The maximum Gasteiger partial charge on any atom is 0.264 e. The number of para-hydroxylation sites is 1. The minimum Gasteiger partial charge on any atom is -0.398 e. The van der Waals surface area contributed by atoms with Gasteiger partial charge in [-0.05, 0) is 30.3 Å². The highest BCUT2D eigenvalue weighted by Crippen LogP contribution is 2.27. The highest BCUT2D eigenvalue weighted by molar-refractivity contribution is 7.93. The topological polar surface area (TPSA) is 85.1 Å². The Morgan fingerprint density at radius 1 is 1.09 bits per heavy atom. The second kappa shape index (κ2) is 5.47. The minimum absolute atomic E-state index is 0.0233. The molecule has 0 fully saturated rings. The second-order valence-corrected chi connectivity index (χ2v) is 6.76. The SMILES string of the molecule is Nc1cc(Cl)ccc1S(=O)(=O)Nc1cccc2cccnc12. The molecule has 1 aromatic heterocycles. The third-order valence-corrected chi connectivity index (χ3v) is 4.81. The molecule has 0 aliphatic carbocycles. The number of fused-ring (bicyclic) bond motifs is 1. The Morgan fingerprint density at radius 2 is 1.86 bits per heavy atom. The molecule has 0 aliphatic rings. The van der Waals surface area contributed by atoms with E-state index in [2.05, 4.69) is 9.71 Å². The maximum absolute atomic E-state index is 12.5. The molecule has 0 amide bonds. The summed E-state index contributed by atoms with van der Waals surface area (Å²) in [6, 6.07) is 13.2. The van der Waals surface area contributed by atoms with Crippen molar-refractivity contribution in [3.8, 4) is 0 Å². The van der Waals surface area contributed by atoms with Gasteiger partial charge in [0.15, 0.2) is 0 Å². The average Bonchev–Trinajstić information content (AvgIpc) is 2.47. The third kappa shape index (κ3) is 2.70. The van der Waals surface area contributed by atoms with E-state index < -0.39 is 10.0 Å². The van der Waals surface area contributed by atoms with Crippen molar-refractivity contribution >= 4 is 43.9 Å². The summed E-state index contributed by atoms with van der Waals surface area (Å²) in [6.07, 6.45) is 1.61. The number of nitrogens with zero attached hydrogens (tertiary/aromatic N) is 1. The minimum atomic E-state index is -3.83. The standard InChI is InChI=1S/C15H12ClN3O2S/c16-11-6-7-14(12(17)9-11)22(20,21)19-13-5-1-3-10-4-2-8-18-15(10)13/h1-9,19H,17H2. The lowest BCUT2D eigenvalue weighted by atomic mass is 10.2. The summed E-state index contributed by atoms with van der Waals surface area (Å²) in [5.74, 6) is 0. The van der Waals surface area contributed by atoms with E-state index in [1.165, 1.54) is 18.2 Å². The molecule has 22 heavy (non-hydrogen) atoms. The molecule has 2 aromatic carbocycles. The number of nitrogens with one attached hydrogen (secondary N) is 1. The fourth-order valence-electron chi connectivity index (χ4n) is 2.15. The van der Waals surface area contributed by atoms with Crippen molar-refractivity contribution < 1.29 is 8.42 Å². The van der Waals surface area contributed by atoms with Crippen molar-refractivity contribution in [1.29, 1.82) is 0 Å². The van der Waals surface area contributed by atoms with Crippen LogP contribution in [0.3, 0.4) is 0 Å². The van der Waals surface area contributed by atoms with Crippen LogP contribution in [0.4, 0.5) is 11.4 Å². The monoisotopic (exact) mass is 333 g/mol. The molecule has 3 rings (SSSR count). The van der Waals surface area contributed by atoms with Crippen LogP contribution in [-0.2, 0) is 10.0 Å². The van der Waals surface area contributed by atoms with Crippen LogP contribution < -0.4 is 10.5 Å². The first-order valence-corrected chi connectivity index (χ1v) is 8.25. The number of aromatic nitrogens is 1. The number of nitrogens with two attached hydrogens (primary N) is 1. The van der Waals surface area contributed by atoms with Gasteiger partial charge in [0.2, 0.25) is 0 Å². The predicted octanol–water partition coefficient (Wildman–Crippen LogP) is 3.27. The van der Waals surface area contributed by atoms with Crippen LogP contribution in [0, 0.1) is 0 Å². The summed E-state index contributed by atoms with van der Waals surface area (Å²) < 4.78 is 27.6. The van der Waals surface area contributed by atoms with Crippen molar-refractivity contribution in [2.24, 2.45) is 0 Å². The molecule has 0 aliphatic heterocycles. The normalized spacial score (nSPS) is 11.5. The first kappa shape index (κ1) is 14.6. The largest absolute Gasteiger partial charge is 0.398 e. The summed E-state index contributed by atoms with van der Waals surface area (Å²) in [6.45, 7) is 0. The molecule has 3 aromatic rings. The number of sulfonamides is 1. The molecule has 0 unspecified atom stereocenters. The number of benzene rings is 2. The molecular formula is C15H12ClN3O2S. The molecule has 0 saturated carbocycles. The number of hydrogen-bond donors (Lipinski definition) is 2. The van der Waals surface area contributed by atoms with Gasteiger partial charge in [-0.1, -0.05) is 29.8 Å². The molecule has 0 bridgehead atoms. The molecule has 0 radical (unpaired) electrons. The van der Waals surface area contributed by atoms with Crippen LogP contribution in [0.15, 0.2) is 59.6 Å². The van der Waals surface area contributed by atoms with Crippen LogP contribution in [0.5, 0.6) is 0 Å². The molecule has 1 heterocycles. The van der Waals surface area contributed by atoms with E-state index in [4.69, 9.17) is 17.3 Å². The van der Waals surface area contributed by atoms with E-state index in [0.717, 1.165) is 5.39 Å². The zero-order valence-corrected chi connectivity index (χ0v) is 12.9. The van der Waals surface area contributed by atoms with Gasteiger partial charge < -0.3 is 5.73 Å². The zero-order valence-electron chi connectivity index (χ0n) is 11.3. The Balaban J connectivity index is 2.07. The molecule has 7 heteroatoms. The highest BCUT2D eigenvalue weighted by Gasteiger charge is 2.19. The number of rotatable bonds is 3. The van der Waals surface area contributed by atoms with Crippen LogP contribution in [-0.4, -0.2) is 13.4 Å². The summed E-state index contributed by atoms with van der Waals surface area (Å²) in [5.41, 5.74) is 6.81. The van der Waals surface area contributed by atoms with E-state index in [9.17, 15) is 8.42 Å². The fraction of sp³-hybridized carbons (Fsp3) is 0. The highest BCUT2D eigenvalue weighted by atomic mass is 35.5. The Bertz CT molecular complexity index is 953. The Labute approximate surface area is 132 Å². The van der Waals surface area contributed by atoms with Crippen LogP contribution >= 0.6 is 11.6 Å². The van der Waals surface area contributed by atoms with Crippen molar-refractivity contribution in [2.45, 2.75) is 4.90 Å². The Hall–Kier alpha value is -2.31. The van der Waals surface area contributed by atoms with E-state index >= 15 is 0 Å². The fourth-order valence-corrected chi connectivity index (χ4v) is 3.51. The summed E-state index contributed by atoms with van der Waals surface area (Å²) >= 11 is 5.80. The van der Waals surface area contributed by atoms with Crippen molar-refractivity contribution in [3.05, 3.63) is 59.8 Å². The van der Waals surface area contributed by atoms with Gasteiger partial charge in [0.25, 0.3) is 10.0 Å². The van der Waals surface area contributed by atoms with Gasteiger partial charge in [-0.25, -0.2) is 8.42 Å². The number of anilines is 2. The van der Waals surface area contributed by atoms with E-state index in [-0.39, 0.29) is 10.6 Å². The summed E-state index contributed by atoms with van der Waals surface area (Å²) in [7, 11) is -3.83. The van der Waals surface area contributed by atoms with Crippen LogP contribution in [0.2, 0.25) is 5.02 Å². The van der Waals surface area contributed by atoms with E-state index in [1.54, 1.807) is 24.4 Å². The quantitative estimate of drug-likeness (QED) is 0.720. The third-order valence-electron chi connectivity index (χ3n) is 3.14. The second-order valence-electron chi connectivity index (χ2n) is 4.67. The van der Waals surface area contributed by atoms with Gasteiger partial charge in [-0.2, -0.15) is 0 Å². The lowest BCUT2D eigenvalue weighted by molar-refractivity contribution is 0.601. The van der Waals surface area contributed by atoms with Crippen molar-refractivity contribution in [3.63, 3.8) is 0 Å². The number of halogens is 1. The van der Waals surface area contributed by atoms with Gasteiger partial charge in [-0.3, -0.25) is 9.71 Å². The van der Waals surface area contributed by atoms with Crippen molar-refractivity contribution in [1.82, 2.24) is 4.98 Å². The van der Waals surface area contributed by atoms with Gasteiger partial charge in [0, 0.05) is 16.6 Å². The molecule has 112 valence electrons. The molecule has 0 spiro atoms. The van der Waals surface area contributed by atoms with Crippen LogP contribution in [0.25, 0.3) is 10.9 Å². The van der Waals surface area contributed by atoms with Gasteiger partial charge >= 0.3 is 0 Å². The Kier molecular flexibility index (Phi) is 3.64. The molecule has 0 saturated heterocycles. The lowest BCUT2D eigenvalue weighted by Gasteiger charge is -2.11. The van der Waals surface area contributed by atoms with Gasteiger partial charge in [0.05, 0.1) is 16.9 Å². The average molecular weight is 334 g/mol. The van der Waals surface area contributed by atoms with Crippen LogP contribution in [0.1, 0.15) is 0 Å². The molecule has 3 N–H and O–H groups in total. The molecule has 0 atom stereocenters. The smallest absolute Gasteiger partial charge is 0.264 e. The number of hydrogen-bond acceptors (Lipinski definition) is 4. The maximum atomic E-state index is 12.5. The summed E-state index contributed by atoms with van der Waals surface area (Å²) in [5, 5.41) is 1.22. The van der Waals surface area contributed by atoms with Crippen molar-refractivity contribution in [2.75, 3.05) is 10.5 Å².